The predicted molar refractivity (Wildman–Crippen MR) is 92.9 cm³/mol. The van der Waals surface area contributed by atoms with E-state index in [4.69, 9.17) is 9.15 Å². The molecular formula is C18H21NO4S. The zero-order chi connectivity index (χ0) is 17.1. The van der Waals surface area contributed by atoms with Gasteiger partial charge in [-0.3, -0.25) is 4.79 Å². The zero-order valence-electron chi connectivity index (χ0n) is 13.9. The maximum atomic E-state index is 12.5. The molecule has 128 valence electrons. The third-order valence-corrected chi connectivity index (χ3v) is 5.60. The molecule has 0 bridgehead atoms. The average molecular weight is 347 g/mol. The fraction of sp³-hybridized carbons (Fsp3) is 0.444. The highest BCUT2D eigenvalue weighted by atomic mass is 32.1. The molecule has 2 aromatic rings. The molecule has 3 rings (SSSR count). The van der Waals surface area contributed by atoms with Gasteiger partial charge in [-0.1, -0.05) is 12.8 Å². The van der Waals surface area contributed by atoms with Crippen molar-refractivity contribution in [3.05, 3.63) is 39.7 Å². The summed E-state index contributed by atoms with van der Waals surface area (Å²) in [5.74, 6) is -0.0880. The molecule has 2 heterocycles. The number of ether oxygens (including phenoxy) is 1. The van der Waals surface area contributed by atoms with Crippen molar-refractivity contribution < 1.29 is 18.7 Å². The molecule has 0 spiro atoms. The Bertz CT molecular complexity index is 759. The Labute approximate surface area is 145 Å². The van der Waals surface area contributed by atoms with E-state index in [1.165, 1.54) is 42.4 Å². The van der Waals surface area contributed by atoms with Gasteiger partial charge >= 0.3 is 5.97 Å². The number of carbonyl (C=O) groups excluding carboxylic acids is 2. The lowest BCUT2D eigenvalue weighted by molar-refractivity contribution is 0.0601. The van der Waals surface area contributed by atoms with Crippen LogP contribution in [0.5, 0.6) is 0 Å². The molecule has 6 heteroatoms. The third kappa shape index (κ3) is 3.24. The van der Waals surface area contributed by atoms with Crippen molar-refractivity contribution in [2.24, 2.45) is 0 Å². The smallest absolute Gasteiger partial charge is 0.341 e. The Morgan fingerprint density at radius 1 is 1.21 bits per heavy atom. The summed E-state index contributed by atoms with van der Waals surface area (Å²) in [4.78, 5) is 26.0. The normalized spacial score (nSPS) is 14.4. The first-order valence-electron chi connectivity index (χ1n) is 8.20. The van der Waals surface area contributed by atoms with Crippen LogP contribution in [0.4, 0.5) is 5.00 Å². The summed E-state index contributed by atoms with van der Waals surface area (Å²) in [6.45, 7) is 1.74. The van der Waals surface area contributed by atoms with E-state index < -0.39 is 0 Å². The number of esters is 1. The van der Waals surface area contributed by atoms with Crippen LogP contribution >= 0.6 is 11.3 Å². The fourth-order valence-corrected chi connectivity index (χ4v) is 4.39. The van der Waals surface area contributed by atoms with E-state index in [1.54, 1.807) is 13.0 Å². The Balaban J connectivity index is 1.97. The molecule has 24 heavy (non-hydrogen) atoms. The van der Waals surface area contributed by atoms with E-state index in [-0.39, 0.29) is 11.9 Å². The number of amides is 1. The minimum atomic E-state index is -0.382. The minimum absolute atomic E-state index is 0.263. The molecule has 0 saturated heterocycles. The maximum Gasteiger partial charge on any atom is 0.341 e. The number of hydrogen-bond donors (Lipinski definition) is 1. The van der Waals surface area contributed by atoms with Gasteiger partial charge in [-0.05, 0) is 44.2 Å². The minimum Gasteiger partial charge on any atom is -0.469 e. The van der Waals surface area contributed by atoms with Gasteiger partial charge in [0.1, 0.15) is 10.8 Å². The van der Waals surface area contributed by atoms with Gasteiger partial charge in [-0.25, -0.2) is 4.79 Å². The summed E-state index contributed by atoms with van der Waals surface area (Å²) in [6.07, 6.45) is 7.84. The van der Waals surface area contributed by atoms with E-state index in [9.17, 15) is 9.59 Å². The molecule has 5 nitrogen and oxygen atoms in total. The first-order valence-corrected chi connectivity index (χ1v) is 9.01. The standard InChI is InChI=1S/C18H21NO4S/c1-11-12(9-10-23-11)16(20)19-17-15(18(21)22-2)13-7-5-3-4-6-8-14(13)24-17/h9-10H,3-8H2,1-2H3,(H,19,20). The average Bonchev–Trinajstić information content (AvgIpc) is 3.10. The van der Waals surface area contributed by atoms with Gasteiger partial charge in [0, 0.05) is 4.88 Å². The SMILES string of the molecule is COC(=O)c1c(NC(=O)c2ccoc2C)sc2c1CCCCCC2. The highest BCUT2D eigenvalue weighted by Crippen LogP contribution is 2.37. The summed E-state index contributed by atoms with van der Waals surface area (Å²) in [7, 11) is 1.38. The first kappa shape index (κ1) is 16.8. The van der Waals surface area contributed by atoms with Crippen LogP contribution in [0.15, 0.2) is 16.7 Å². The van der Waals surface area contributed by atoms with E-state index in [1.807, 2.05) is 0 Å². The Hall–Kier alpha value is -2.08. The molecular weight excluding hydrogens is 326 g/mol. The lowest BCUT2D eigenvalue weighted by Crippen LogP contribution is -2.15. The number of aryl methyl sites for hydroxylation is 2. The third-order valence-electron chi connectivity index (χ3n) is 4.39. The van der Waals surface area contributed by atoms with Crippen molar-refractivity contribution in [3.63, 3.8) is 0 Å². The second-order valence-corrected chi connectivity index (χ2v) is 7.06. The Morgan fingerprint density at radius 2 is 1.96 bits per heavy atom. The van der Waals surface area contributed by atoms with Crippen LogP contribution in [0.1, 0.15) is 62.6 Å². The molecule has 0 radical (unpaired) electrons. The van der Waals surface area contributed by atoms with Gasteiger partial charge < -0.3 is 14.5 Å². The van der Waals surface area contributed by atoms with Crippen molar-refractivity contribution in [2.75, 3.05) is 12.4 Å². The summed E-state index contributed by atoms with van der Waals surface area (Å²) in [5.41, 5.74) is 2.05. The lowest BCUT2D eigenvalue weighted by Gasteiger charge is -2.10. The molecule has 0 atom stereocenters. The van der Waals surface area contributed by atoms with Crippen molar-refractivity contribution in [1.29, 1.82) is 0 Å². The summed E-state index contributed by atoms with van der Waals surface area (Å²) >= 11 is 1.50. The Morgan fingerprint density at radius 3 is 2.62 bits per heavy atom. The second kappa shape index (κ2) is 7.21. The van der Waals surface area contributed by atoms with Crippen LogP contribution in [0, 0.1) is 6.92 Å². The number of methoxy groups -OCH3 is 1. The van der Waals surface area contributed by atoms with Gasteiger partial charge in [0.25, 0.3) is 5.91 Å². The summed E-state index contributed by atoms with van der Waals surface area (Å²) < 4.78 is 10.2. The number of carbonyl (C=O) groups is 2. The molecule has 1 aliphatic carbocycles. The monoisotopic (exact) mass is 347 g/mol. The van der Waals surface area contributed by atoms with Crippen LogP contribution in [0.25, 0.3) is 0 Å². The van der Waals surface area contributed by atoms with Gasteiger partial charge in [0.2, 0.25) is 0 Å². The largest absolute Gasteiger partial charge is 0.469 e. The van der Waals surface area contributed by atoms with Gasteiger partial charge in [-0.15, -0.1) is 11.3 Å². The number of rotatable bonds is 3. The maximum absolute atomic E-state index is 12.5. The molecule has 0 aliphatic heterocycles. The number of hydrogen-bond acceptors (Lipinski definition) is 5. The number of nitrogens with one attached hydrogen (secondary N) is 1. The second-order valence-electron chi connectivity index (χ2n) is 5.96. The van der Waals surface area contributed by atoms with E-state index in [0.717, 1.165) is 31.2 Å². The van der Waals surface area contributed by atoms with Crippen molar-refractivity contribution in [1.82, 2.24) is 0 Å². The predicted octanol–water partition coefficient (Wildman–Crippen LogP) is 4.35. The molecule has 2 aromatic heterocycles. The molecule has 0 saturated carbocycles. The van der Waals surface area contributed by atoms with Crippen LogP contribution in [0.2, 0.25) is 0 Å². The van der Waals surface area contributed by atoms with Crippen molar-refractivity contribution in [3.8, 4) is 0 Å². The molecule has 0 aromatic carbocycles. The number of anilines is 1. The summed E-state index contributed by atoms with van der Waals surface area (Å²) in [5, 5.41) is 3.47. The van der Waals surface area contributed by atoms with Gasteiger partial charge in [0.15, 0.2) is 0 Å². The van der Waals surface area contributed by atoms with Gasteiger partial charge in [-0.2, -0.15) is 0 Å². The highest BCUT2D eigenvalue weighted by Gasteiger charge is 2.26. The van der Waals surface area contributed by atoms with Crippen molar-refractivity contribution in [2.45, 2.75) is 45.4 Å². The van der Waals surface area contributed by atoms with E-state index in [2.05, 4.69) is 5.32 Å². The van der Waals surface area contributed by atoms with Crippen LogP contribution < -0.4 is 5.32 Å². The molecule has 1 amide bonds. The Kier molecular flexibility index (Phi) is 5.04. The fourth-order valence-electron chi connectivity index (χ4n) is 3.12. The highest BCUT2D eigenvalue weighted by molar-refractivity contribution is 7.17. The molecule has 0 fully saturated rings. The van der Waals surface area contributed by atoms with Crippen LogP contribution in [0.3, 0.4) is 0 Å². The topological polar surface area (TPSA) is 68.5 Å². The summed E-state index contributed by atoms with van der Waals surface area (Å²) in [6, 6.07) is 1.63. The number of thiophene rings is 1. The van der Waals surface area contributed by atoms with Crippen LogP contribution in [-0.2, 0) is 17.6 Å². The van der Waals surface area contributed by atoms with Gasteiger partial charge in [0.05, 0.1) is 24.5 Å². The van der Waals surface area contributed by atoms with E-state index in [0.29, 0.717) is 21.9 Å². The number of fused-ring (bicyclic) bond motifs is 1. The quantitative estimate of drug-likeness (QED) is 0.838. The molecule has 0 unspecified atom stereocenters. The molecule has 1 N–H and O–H groups in total. The zero-order valence-corrected chi connectivity index (χ0v) is 14.8. The first-order chi connectivity index (χ1) is 11.6. The molecule has 1 aliphatic rings. The number of furan rings is 1. The van der Waals surface area contributed by atoms with Crippen molar-refractivity contribution >= 4 is 28.2 Å². The van der Waals surface area contributed by atoms with E-state index >= 15 is 0 Å². The van der Waals surface area contributed by atoms with Crippen LogP contribution in [-0.4, -0.2) is 19.0 Å². The lowest BCUT2D eigenvalue weighted by atomic mass is 9.96.